The molecule has 2 rings (SSSR count). The molecule has 2 heterocycles. The van der Waals surface area contributed by atoms with Crippen LogP contribution in [0.4, 0.5) is 13.2 Å². The van der Waals surface area contributed by atoms with Crippen LogP contribution in [0.3, 0.4) is 0 Å². The van der Waals surface area contributed by atoms with Gasteiger partial charge >= 0.3 is 6.18 Å². The molecule has 0 unspecified atom stereocenters. The Balaban J connectivity index is 2.12. The minimum absolute atomic E-state index is 0.0711. The number of aryl methyl sites for hydroxylation is 1. The number of fused-ring (bicyclic) bond motifs is 1. The molecule has 0 atom stereocenters. The first-order chi connectivity index (χ1) is 12.7. The lowest BCUT2D eigenvalue weighted by Crippen LogP contribution is -2.28. The molecule has 9 heteroatoms. The Kier molecular flexibility index (Phi) is 7.11. The van der Waals surface area contributed by atoms with Crippen molar-refractivity contribution in [3.63, 3.8) is 0 Å². The number of hydrogen-bond donors (Lipinski definition) is 1. The quantitative estimate of drug-likeness (QED) is 0.672. The van der Waals surface area contributed by atoms with Crippen molar-refractivity contribution >= 4 is 23.2 Å². The van der Waals surface area contributed by atoms with E-state index in [9.17, 15) is 18.0 Å². The van der Waals surface area contributed by atoms with E-state index in [4.69, 9.17) is 11.6 Å². The van der Waals surface area contributed by atoms with E-state index in [0.717, 1.165) is 49.1 Å². The molecule has 0 aliphatic carbocycles. The van der Waals surface area contributed by atoms with E-state index in [-0.39, 0.29) is 16.4 Å². The molecule has 0 bridgehead atoms. The van der Waals surface area contributed by atoms with Crippen LogP contribution >= 0.6 is 11.6 Å². The van der Waals surface area contributed by atoms with Crippen LogP contribution in [0.1, 0.15) is 48.4 Å². The van der Waals surface area contributed by atoms with Crippen LogP contribution in [0.5, 0.6) is 0 Å². The number of carbonyl (C=O) groups is 1. The summed E-state index contributed by atoms with van der Waals surface area (Å²) in [5.74, 6) is -0.460. The number of nitrogens with one attached hydrogen (secondary N) is 1. The SMILES string of the molecule is CCN(CC)CCCCNC(=O)c1c(C)nc2c(Cl)cc(C(F)(F)F)cn12. The molecule has 0 saturated carbocycles. The number of rotatable bonds is 8. The van der Waals surface area contributed by atoms with Crippen molar-refractivity contribution in [1.82, 2.24) is 19.6 Å². The molecule has 5 nitrogen and oxygen atoms in total. The third-order valence-electron chi connectivity index (χ3n) is 4.47. The van der Waals surface area contributed by atoms with Gasteiger partial charge in [0.1, 0.15) is 5.69 Å². The highest BCUT2D eigenvalue weighted by molar-refractivity contribution is 6.33. The van der Waals surface area contributed by atoms with Crippen LogP contribution in [0, 0.1) is 6.92 Å². The van der Waals surface area contributed by atoms with Crippen LogP contribution in [0.2, 0.25) is 5.02 Å². The molecule has 0 spiro atoms. The van der Waals surface area contributed by atoms with Gasteiger partial charge in [0, 0.05) is 12.7 Å². The third-order valence-corrected chi connectivity index (χ3v) is 4.75. The lowest BCUT2D eigenvalue weighted by molar-refractivity contribution is -0.137. The van der Waals surface area contributed by atoms with Crippen LogP contribution in [0.25, 0.3) is 5.65 Å². The summed E-state index contributed by atoms with van der Waals surface area (Å²) in [7, 11) is 0. The molecule has 1 amide bonds. The second-order valence-electron chi connectivity index (χ2n) is 6.30. The lowest BCUT2D eigenvalue weighted by Gasteiger charge is -2.17. The number of aromatic nitrogens is 2. The summed E-state index contributed by atoms with van der Waals surface area (Å²) in [6.07, 6.45) is -1.99. The predicted octanol–water partition coefficient (Wildman–Crippen LogP) is 4.17. The summed E-state index contributed by atoms with van der Waals surface area (Å²) in [5.41, 5.74) is -0.391. The number of amides is 1. The van der Waals surface area contributed by atoms with Gasteiger partial charge in [0.15, 0.2) is 5.65 Å². The Hall–Kier alpha value is -1.80. The van der Waals surface area contributed by atoms with Gasteiger partial charge < -0.3 is 10.2 Å². The number of pyridine rings is 1. The van der Waals surface area contributed by atoms with Crippen LogP contribution in [-0.2, 0) is 6.18 Å². The summed E-state index contributed by atoms with van der Waals surface area (Å²) < 4.78 is 40.3. The van der Waals surface area contributed by atoms with Gasteiger partial charge in [-0.25, -0.2) is 4.98 Å². The Morgan fingerprint density at radius 1 is 1.30 bits per heavy atom. The molecule has 0 aliphatic heterocycles. The van der Waals surface area contributed by atoms with Gasteiger partial charge in [0.05, 0.1) is 16.3 Å². The number of imidazole rings is 1. The first kappa shape index (κ1) is 21.5. The number of unbranched alkanes of at least 4 members (excludes halogenated alkanes) is 1. The zero-order valence-electron chi connectivity index (χ0n) is 15.7. The summed E-state index contributed by atoms with van der Waals surface area (Å²) >= 11 is 5.94. The Bertz CT molecular complexity index is 800. The predicted molar refractivity (Wildman–Crippen MR) is 99.3 cm³/mol. The minimum Gasteiger partial charge on any atom is -0.351 e. The lowest BCUT2D eigenvalue weighted by atomic mass is 10.2. The van der Waals surface area contributed by atoms with E-state index in [0.29, 0.717) is 12.2 Å². The molecule has 150 valence electrons. The smallest absolute Gasteiger partial charge is 0.351 e. The second-order valence-corrected chi connectivity index (χ2v) is 6.71. The molecule has 0 aromatic carbocycles. The summed E-state index contributed by atoms with van der Waals surface area (Å²) in [4.78, 5) is 18.9. The number of halogens is 4. The third kappa shape index (κ3) is 5.13. The van der Waals surface area contributed by atoms with Crippen molar-refractivity contribution < 1.29 is 18.0 Å². The van der Waals surface area contributed by atoms with Crippen molar-refractivity contribution in [2.24, 2.45) is 0 Å². The molecule has 0 fully saturated rings. The molecule has 2 aromatic heterocycles. The van der Waals surface area contributed by atoms with E-state index >= 15 is 0 Å². The highest BCUT2D eigenvalue weighted by Gasteiger charge is 2.32. The highest BCUT2D eigenvalue weighted by Crippen LogP contribution is 2.33. The van der Waals surface area contributed by atoms with Gasteiger partial charge in [-0.15, -0.1) is 0 Å². The van der Waals surface area contributed by atoms with Crippen molar-refractivity contribution in [3.05, 3.63) is 34.2 Å². The van der Waals surface area contributed by atoms with E-state index in [2.05, 4.69) is 29.0 Å². The first-order valence-electron chi connectivity index (χ1n) is 8.95. The van der Waals surface area contributed by atoms with Gasteiger partial charge in [-0.05, 0) is 45.5 Å². The van der Waals surface area contributed by atoms with E-state index in [1.54, 1.807) is 6.92 Å². The number of hydrogen-bond acceptors (Lipinski definition) is 3. The number of nitrogens with zero attached hydrogens (tertiary/aromatic N) is 3. The molecule has 0 saturated heterocycles. The van der Waals surface area contributed by atoms with Crippen molar-refractivity contribution in [3.8, 4) is 0 Å². The molecule has 0 aliphatic rings. The zero-order valence-corrected chi connectivity index (χ0v) is 16.4. The molecule has 2 aromatic rings. The minimum atomic E-state index is -4.56. The molecular weight excluding hydrogens is 381 g/mol. The fourth-order valence-corrected chi connectivity index (χ4v) is 3.18. The topological polar surface area (TPSA) is 49.6 Å². The largest absolute Gasteiger partial charge is 0.417 e. The molecule has 27 heavy (non-hydrogen) atoms. The summed E-state index contributed by atoms with van der Waals surface area (Å²) in [5, 5.41) is 2.62. The zero-order chi connectivity index (χ0) is 20.2. The van der Waals surface area contributed by atoms with Gasteiger partial charge in [-0.1, -0.05) is 25.4 Å². The standard InChI is InChI=1S/C18H24ClF3N4O/c1-4-25(5-2)9-7-6-8-23-17(27)15-12(3)24-16-14(19)10-13(11-26(15)16)18(20,21)22/h10-11H,4-9H2,1-3H3,(H,23,27). The van der Waals surface area contributed by atoms with E-state index in [1.807, 2.05) is 0 Å². The average molecular weight is 405 g/mol. The maximum atomic E-state index is 13.0. The van der Waals surface area contributed by atoms with Crippen molar-refractivity contribution in [2.75, 3.05) is 26.2 Å². The Morgan fingerprint density at radius 2 is 1.96 bits per heavy atom. The van der Waals surface area contributed by atoms with Crippen LogP contribution < -0.4 is 5.32 Å². The highest BCUT2D eigenvalue weighted by atomic mass is 35.5. The number of alkyl halides is 3. The maximum Gasteiger partial charge on any atom is 0.417 e. The average Bonchev–Trinajstić information content (AvgIpc) is 2.94. The first-order valence-corrected chi connectivity index (χ1v) is 9.32. The Morgan fingerprint density at radius 3 is 2.56 bits per heavy atom. The second kappa shape index (κ2) is 8.93. The summed E-state index contributed by atoms with van der Waals surface area (Å²) in [6, 6.07) is 0.818. The van der Waals surface area contributed by atoms with Gasteiger partial charge in [0.25, 0.3) is 5.91 Å². The fraction of sp³-hybridized carbons (Fsp3) is 0.556. The van der Waals surface area contributed by atoms with Crippen molar-refractivity contribution in [2.45, 2.75) is 39.8 Å². The van der Waals surface area contributed by atoms with Gasteiger partial charge in [-0.2, -0.15) is 13.2 Å². The fourth-order valence-electron chi connectivity index (χ4n) is 2.93. The monoisotopic (exact) mass is 404 g/mol. The molecule has 1 N–H and O–H groups in total. The van der Waals surface area contributed by atoms with Gasteiger partial charge in [-0.3, -0.25) is 9.20 Å². The Labute approximate surface area is 161 Å². The van der Waals surface area contributed by atoms with Gasteiger partial charge in [0.2, 0.25) is 0 Å². The maximum absolute atomic E-state index is 13.0. The van der Waals surface area contributed by atoms with Crippen LogP contribution in [0.15, 0.2) is 12.3 Å². The number of carbonyl (C=O) groups excluding carboxylic acids is 1. The summed E-state index contributed by atoms with van der Waals surface area (Å²) in [6.45, 7) is 9.12. The molecule has 0 radical (unpaired) electrons. The van der Waals surface area contributed by atoms with E-state index < -0.39 is 17.6 Å². The molecular formula is C18H24ClF3N4O. The normalized spacial score (nSPS) is 12.1. The van der Waals surface area contributed by atoms with Crippen molar-refractivity contribution in [1.29, 1.82) is 0 Å². The van der Waals surface area contributed by atoms with E-state index in [1.165, 1.54) is 0 Å². The van der Waals surface area contributed by atoms with Crippen LogP contribution in [-0.4, -0.2) is 46.4 Å².